The summed E-state index contributed by atoms with van der Waals surface area (Å²) < 4.78 is 9.98. The van der Waals surface area contributed by atoms with Gasteiger partial charge in [0.05, 0.1) is 19.8 Å². The van der Waals surface area contributed by atoms with Crippen LogP contribution in [0.15, 0.2) is 0 Å². The number of aliphatic hydroxyl groups excluding tert-OH is 4. The number of methoxy groups -OCH3 is 1. The Morgan fingerprint density at radius 2 is 1.42 bits per heavy atom. The molecule has 11 heteroatoms. The summed E-state index contributed by atoms with van der Waals surface area (Å²) in [5.74, 6) is -1.94. The van der Waals surface area contributed by atoms with Gasteiger partial charge in [-0.25, -0.2) is 0 Å². The summed E-state index contributed by atoms with van der Waals surface area (Å²) >= 11 is 0. The van der Waals surface area contributed by atoms with Crippen LogP contribution >= 0.6 is 0 Å². The maximum Gasteiger partial charge on any atom is 0.251 e. The van der Waals surface area contributed by atoms with E-state index in [9.17, 15) is 34.8 Å². The van der Waals surface area contributed by atoms with E-state index in [1.165, 1.54) is 0 Å². The number of rotatable bonds is 18. The molecule has 194 valence electrons. The number of ether oxygens (including phenoxy) is 2. The minimum atomic E-state index is -2.04. The van der Waals surface area contributed by atoms with Crippen LogP contribution in [0.5, 0.6) is 0 Å². The van der Waals surface area contributed by atoms with Crippen LogP contribution in [0.2, 0.25) is 0 Å². The highest BCUT2D eigenvalue weighted by Gasteiger charge is 2.36. The number of nitrogens with one attached hydrogen (secondary N) is 2. The van der Waals surface area contributed by atoms with Crippen LogP contribution < -0.4 is 10.6 Å². The number of ketones is 1. The zero-order valence-electron chi connectivity index (χ0n) is 20.2. The lowest BCUT2D eigenvalue weighted by Crippen LogP contribution is -2.52. The molecule has 0 spiro atoms. The van der Waals surface area contributed by atoms with Gasteiger partial charge in [0.25, 0.3) is 5.91 Å². The van der Waals surface area contributed by atoms with Crippen LogP contribution in [0.4, 0.5) is 0 Å². The zero-order chi connectivity index (χ0) is 25.4. The lowest BCUT2D eigenvalue weighted by atomic mass is 9.90. The fourth-order valence-corrected chi connectivity index (χ4v) is 2.79. The van der Waals surface area contributed by atoms with Crippen LogP contribution in [-0.4, -0.2) is 102 Å². The third kappa shape index (κ3) is 15.0. The van der Waals surface area contributed by atoms with Gasteiger partial charge in [-0.3, -0.25) is 14.4 Å². The van der Waals surface area contributed by atoms with Crippen molar-refractivity contribution < 1.29 is 44.3 Å². The van der Waals surface area contributed by atoms with Gasteiger partial charge < -0.3 is 40.5 Å². The maximum absolute atomic E-state index is 12.1. The van der Waals surface area contributed by atoms with Crippen molar-refractivity contribution in [3.05, 3.63) is 0 Å². The standard InChI is InChI=1S/C22H42N2O9/c1-22(2,3)9-6-11-24-21(31)20(30)19(29)18(28)17(27)15(25)7-5-10-23-16(26)8-12-33-14-13-32-4/h17-20,27-30H,5-14H2,1-4H3,(H,23,26)(H,24,31)/t17-,18+,19+,20-/m0/s1. The van der Waals surface area contributed by atoms with E-state index < -0.39 is 36.1 Å². The third-order valence-corrected chi connectivity index (χ3v) is 4.83. The fourth-order valence-electron chi connectivity index (χ4n) is 2.79. The normalized spacial score (nSPS) is 15.4. The minimum absolute atomic E-state index is 0.0881. The molecule has 0 heterocycles. The first kappa shape index (κ1) is 31.4. The second kappa shape index (κ2) is 16.9. The number of carbonyl (C=O) groups is 3. The summed E-state index contributed by atoms with van der Waals surface area (Å²) in [5.41, 5.74) is 0.0881. The van der Waals surface area contributed by atoms with Crippen molar-refractivity contribution in [2.75, 3.05) is 40.0 Å². The molecule has 0 radical (unpaired) electrons. The van der Waals surface area contributed by atoms with Crippen molar-refractivity contribution in [3.8, 4) is 0 Å². The van der Waals surface area contributed by atoms with Crippen molar-refractivity contribution in [2.24, 2.45) is 5.41 Å². The summed E-state index contributed by atoms with van der Waals surface area (Å²) in [4.78, 5) is 35.6. The van der Waals surface area contributed by atoms with E-state index >= 15 is 0 Å². The summed E-state index contributed by atoms with van der Waals surface area (Å²) in [5, 5.41) is 44.9. The SMILES string of the molecule is COCCOCCC(=O)NCCCC(=O)[C@H](O)[C@@H](O)[C@@H](O)[C@H](O)C(=O)NCCCC(C)(C)C. The van der Waals surface area contributed by atoms with Crippen molar-refractivity contribution in [3.63, 3.8) is 0 Å². The van der Waals surface area contributed by atoms with E-state index in [4.69, 9.17) is 9.47 Å². The topological polar surface area (TPSA) is 175 Å². The molecule has 0 aromatic heterocycles. The first-order valence-electron chi connectivity index (χ1n) is 11.3. The quantitative estimate of drug-likeness (QED) is 0.133. The summed E-state index contributed by atoms with van der Waals surface area (Å²) in [6.45, 7) is 7.67. The molecule has 0 aliphatic carbocycles. The predicted octanol–water partition coefficient (Wildman–Crippen LogP) is -1.11. The minimum Gasteiger partial charge on any atom is -0.387 e. The average molecular weight is 479 g/mol. The second-order valence-corrected chi connectivity index (χ2v) is 9.10. The van der Waals surface area contributed by atoms with Gasteiger partial charge in [-0.2, -0.15) is 0 Å². The largest absolute Gasteiger partial charge is 0.387 e. The number of carbonyl (C=O) groups excluding carboxylic acids is 3. The molecule has 0 aliphatic rings. The first-order valence-corrected chi connectivity index (χ1v) is 11.3. The number of hydrogen-bond acceptors (Lipinski definition) is 9. The molecule has 4 atom stereocenters. The highest BCUT2D eigenvalue weighted by molar-refractivity contribution is 5.84. The Morgan fingerprint density at radius 3 is 2.03 bits per heavy atom. The first-order chi connectivity index (χ1) is 15.4. The molecule has 0 saturated heterocycles. The van der Waals surface area contributed by atoms with E-state index in [0.717, 1.165) is 6.42 Å². The Morgan fingerprint density at radius 1 is 0.818 bits per heavy atom. The van der Waals surface area contributed by atoms with E-state index in [-0.39, 0.29) is 50.3 Å². The van der Waals surface area contributed by atoms with Gasteiger partial charge in [-0.05, 0) is 24.7 Å². The number of Topliss-reactive ketones (excluding diaryl/α,β-unsaturated/α-hetero) is 1. The summed E-state index contributed by atoms with van der Waals surface area (Å²) in [7, 11) is 1.54. The van der Waals surface area contributed by atoms with Gasteiger partial charge in [0.1, 0.15) is 18.3 Å². The van der Waals surface area contributed by atoms with E-state index in [1.807, 2.05) is 0 Å². The lowest BCUT2D eigenvalue weighted by Gasteiger charge is -2.25. The van der Waals surface area contributed by atoms with Crippen LogP contribution in [0.3, 0.4) is 0 Å². The molecule has 0 saturated carbocycles. The van der Waals surface area contributed by atoms with Crippen molar-refractivity contribution in [1.29, 1.82) is 0 Å². The second-order valence-electron chi connectivity index (χ2n) is 9.10. The Kier molecular flexibility index (Phi) is 16.1. The Hall–Kier alpha value is -1.63. The molecule has 0 rings (SSSR count). The van der Waals surface area contributed by atoms with Gasteiger partial charge in [0, 0.05) is 33.0 Å². The molecule has 0 fully saturated rings. The Labute approximate surface area is 195 Å². The van der Waals surface area contributed by atoms with Gasteiger partial charge in [-0.1, -0.05) is 20.8 Å². The highest BCUT2D eigenvalue weighted by atomic mass is 16.5. The van der Waals surface area contributed by atoms with Crippen molar-refractivity contribution >= 4 is 17.6 Å². The summed E-state index contributed by atoms with van der Waals surface area (Å²) in [6.07, 6.45) is -6.37. The van der Waals surface area contributed by atoms with Gasteiger partial charge in [0.15, 0.2) is 11.9 Å². The predicted molar refractivity (Wildman–Crippen MR) is 120 cm³/mol. The van der Waals surface area contributed by atoms with Gasteiger partial charge in [-0.15, -0.1) is 0 Å². The van der Waals surface area contributed by atoms with E-state index in [1.54, 1.807) is 7.11 Å². The number of amides is 2. The maximum atomic E-state index is 12.1. The Balaban J connectivity index is 4.21. The molecule has 0 unspecified atom stereocenters. The smallest absolute Gasteiger partial charge is 0.251 e. The molecule has 0 bridgehead atoms. The van der Waals surface area contributed by atoms with E-state index in [2.05, 4.69) is 31.4 Å². The zero-order valence-corrected chi connectivity index (χ0v) is 20.2. The van der Waals surface area contributed by atoms with Crippen LogP contribution in [0.25, 0.3) is 0 Å². The monoisotopic (exact) mass is 478 g/mol. The van der Waals surface area contributed by atoms with Gasteiger partial charge >= 0.3 is 0 Å². The molecule has 0 aromatic carbocycles. The summed E-state index contributed by atoms with van der Waals surface area (Å²) in [6, 6.07) is 0. The molecule has 0 aliphatic heterocycles. The molecule has 11 nitrogen and oxygen atoms in total. The van der Waals surface area contributed by atoms with Crippen LogP contribution in [0.1, 0.15) is 52.9 Å². The molecule has 33 heavy (non-hydrogen) atoms. The van der Waals surface area contributed by atoms with Gasteiger partial charge in [0.2, 0.25) is 5.91 Å². The number of hydrogen-bond donors (Lipinski definition) is 6. The van der Waals surface area contributed by atoms with Crippen LogP contribution in [0, 0.1) is 5.41 Å². The van der Waals surface area contributed by atoms with Crippen LogP contribution in [-0.2, 0) is 23.9 Å². The van der Waals surface area contributed by atoms with Crippen molar-refractivity contribution in [1.82, 2.24) is 10.6 Å². The molecular formula is C22H42N2O9. The molecule has 0 aromatic rings. The highest BCUT2D eigenvalue weighted by Crippen LogP contribution is 2.19. The Bertz CT molecular complexity index is 581. The van der Waals surface area contributed by atoms with E-state index in [0.29, 0.717) is 19.6 Å². The fraction of sp³-hybridized carbons (Fsp3) is 0.864. The molecular weight excluding hydrogens is 436 g/mol. The lowest BCUT2D eigenvalue weighted by molar-refractivity contribution is -0.154. The van der Waals surface area contributed by atoms with Crippen molar-refractivity contribution in [2.45, 2.75) is 77.3 Å². The third-order valence-electron chi connectivity index (χ3n) is 4.83. The molecule has 2 amide bonds. The average Bonchev–Trinajstić information content (AvgIpc) is 2.76. The molecule has 6 N–H and O–H groups in total. The number of aliphatic hydroxyl groups is 4.